The maximum Gasteiger partial charge on any atom is 0.00683 e. The Morgan fingerprint density at radius 2 is 2.06 bits per heavy atom. The first-order chi connectivity index (χ1) is 8.16. The summed E-state index contributed by atoms with van der Waals surface area (Å²) < 4.78 is 0. The van der Waals surface area contributed by atoms with Gasteiger partial charge >= 0.3 is 0 Å². The number of benzene rings is 1. The summed E-state index contributed by atoms with van der Waals surface area (Å²) in [5, 5.41) is 3.54. The molecule has 0 spiro atoms. The smallest absolute Gasteiger partial charge is 0.00683 e. The second-order valence-electron chi connectivity index (χ2n) is 5.20. The number of aryl methyl sites for hydroxylation is 2. The molecule has 1 aromatic rings. The standard InChI is InChI=1S/C16H23N/c1-12-6-7-15(11-14(12)3)13(2)5-4-10-17-16-8-9-16/h5-7,11,16-17H,4,8-10H2,1-3H3. The molecule has 92 valence electrons. The van der Waals surface area contributed by atoms with Gasteiger partial charge in [0.05, 0.1) is 0 Å². The van der Waals surface area contributed by atoms with Crippen LogP contribution in [0.4, 0.5) is 0 Å². The summed E-state index contributed by atoms with van der Waals surface area (Å²) in [5.74, 6) is 0. The van der Waals surface area contributed by atoms with E-state index in [0.29, 0.717) is 0 Å². The van der Waals surface area contributed by atoms with Crippen LogP contribution in [0.3, 0.4) is 0 Å². The molecule has 1 saturated carbocycles. The first kappa shape index (κ1) is 12.4. The minimum absolute atomic E-state index is 0.824. The highest BCUT2D eigenvalue weighted by Crippen LogP contribution is 2.19. The van der Waals surface area contributed by atoms with Gasteiger partial charge in [0, 0.05) is 6.04 Å². The molecule has 1 aliphatic carbocycles. The van der Waals surface area contributed by atoms with Crippen molar-refractivity contribution in [1.29, 1.82) is 0 Å². The monoisotopic (exact) mass is 229 g/mol. The lowest BCUT2D eigenvalue weighted by molar-refractivity contribution is 0.690. The Labute approximate surface area is 105 Å². The van der Waals surface area contributed by atoms with Crippen molar-refractivity contribution in [1.82, 2.24) is 5.32 Å². The summed E-state index contributed by atoms with van der Waals surface area (Å²) in [7, 11) is 0. The zero-order chi connectivity index (χ0) is 12.3. The van der Waals surface area contributed by atoms with Crippen molar-refractivity contribution in [2.24, 2.45) is 0 Å². The largest absolute Gasteiger partial charge is 0.314 e. The lowest BCUT2D eigenvalue weighted by Gasteiger charge is -2.06. The Kier molecular flexibility index (Phi) is 4.01. The van der Waals surface area contributed by atoms with E-state index in [0.717, 1.165) is 19.0 Å². The SMILES string of the molecule is CC(=CCCNC1CC1)c1ccc(C)c(C)c1. The van der Waals surface area contributed by atoms with E-state index >= 15 is 0 Å². The lowest BCUT2D eigenvalue weighted by atomic mass is 10.0. The maximum atomic E-state index is 3.54. The molecule has 0 radical (unpaired) electrons. The van der Waals surface area contributed by atoms with Crippen molar-refractivity contribution in [3.63, 3.8) is 0 Å². The van der Waals surface area contributed by atoms with Gasteiger partial charge in [-0.15, -0.1) is 0 Å². The molecular formula is C16H23N. The summed E-state index contributed by atoms with van der Waals surface area (Å²) in [6.07, 6.45) is 6.23. The highest BCUT2D eigenvalue weighted by molar-refractivity contribution is 5.64. The van der Waals surface area contributed by atoms with E-state index in [-0.39, 0.29) is 0 Å². The Bertz CT molecular complexity index is 414. The van der Waals surface area contributed by atoms with Crippen LogP contribution < -0.4 is 5.32 Å². The fourth-order valence-corrected chi connectivity index (χ4v) is 1.97. The molecule has 0 unspecified atom stereocenters. The highest BCUT2D eigenvalue weighted by Gasteiger charge is 2.19. The van der Waals surface area contributed by atoms with E-state index in [2.05, 4.69) is 50.4 Å². The minimum atomic E-state index is 0.824. The van der Waals surface area contributed by atoms with E-state index < -0.39 is 0 Å². The molecule has 1 aromatic carbocycles. The van der Waals surface area contributed by atoms with Crippen LogP contribution in [-0.2, 0) is 0 Å². The van der Waals surface area contributed by atoms with Gasteiger partial charge in [0.15, 0.2) is 0 Å². The fourth-order valence-electron chi connectivity index (χ4n) is 1.97. The van der Waals surface area contributed by atoms with Crippen LogP contribution in [0.2, 0.25) is 0 Å². The van der Waals surface area contributed by atoms with Crippen LogP contribution in [0.5, 0.6) is 0 Å². The fraction of sp³-hybridized carbons (Fsp3) is 0.500. The summed E-state index contributed by atoms with van der Waals surface area (Å²) in [5.41, 5.74) is 5.51. The summed E-state index contributed by atoms with van der Waals surface area (Å²) in [6.45, 7) is 7.67. The predicted molar refractivity (Wildman–Crippen MR) is 75.2 cm³/mol. The zero-order valence-corrected chi connectivity index (χ0v) is 11.2. The summed E-state index contributed by atoms with van der Waals surface area (Å²) in [4.78, 5) is 0. The van der Waals surface area contributed by atoms with Crippen molar-refractivity contribution in [3.05, 3.63) is 41.0 Å². The Hall–Kier alpha value is -1.08. The third-order valence-corrected chi connectivity index (χ3v) is 3.57. The number of hydrogen-bond donors (Lipinski definition) is 1. The van der Waals surface area contributed by atoms with Gasteiger partial charge in [-0.1, -0.05) is 24.3 Å². The van der Waals surface area contributed by atoms with E-state index in [1.165, 1.54) is 35.1 Å². The molecule has 0 saturated heterocycles. The molecule has 0 atom stereocenters. The van der Waals surface area contributed by atoms with Crippen molar-refractivity contribution >= 4 is 5.57 Å². The average Bonchev–Trinajstić information content (AvgIpc) is 3.12. The molecule has 1 N–H and O–H groups in total. The van der Waals surface area contributed by atoms with Crippen LogP contribution in [0.1, 0.15) is 42.9 Å². The topological polar surface area (TPSA) is 12.0 Å². The lowest BCUT2D eigenvalue weighted by Crippen LogP contribution is -2.16. The molecule has 0 heterocycles. The first-order valence-corrected chi connectivity index (χ1v) is 6.64. The molecule has 0 aromatic heterocycles. The van der Waals surface area contributed by atoms with Crippen LogP contribution in [0, 0.1) is 13.8 Å². The van der Waals surface area contributed by atoms with Gasteiger partial charge in [-0.05, 0) is 68.8 Å². The van der Waals surface area contributed by atoms with Crippen molar-refractivity contribution in [2.45, 2.75) is 46.1 Å². The summed E-state index contributed by atoms with van der Waals surface area (Å²) >= 11 is 0. The third-order valence-electron chi connectivity index (χ3n) is 3.57. The van der Waals surface area contributed by atoms with Gasteiger partial charge in [0.2, 0.25) is 0 Å². The second kappa shape index (κ2) is 5.50. The molecule has 2 rings (SSSR count). The van der Waals surface area contributed by atoms with Gasteiger partial charge in [-0.25, -0.2) is 0 Å². The van der Waals surface area contributed by atoms with Crippen molar-refractivity contribution in [3.8, 4) is 0 Å². The Balaban J connectivity index is 1.89. The molecule has 0 amide bonds. The predicted octanol–water partition coefficient (Wildman–Crippen LogP) is 3.85. The van der Waals surface area contributed by atoms with Crippen LogP contribution in [0.25, 0.3) is 5.57 Å². The maximum absolute atomic E-state index is 3.54. The average molecular weight is 229 g/mol. The van der Waals surface area contributed by atoms with E-state index in [9.17, 15) is 0 Å². The van der Waals surface area contributed by atoms with E-state index in [1.807, 2.05) is 0 Å². The molecule has 0 bridgehead atoms. The molecule has 1 fully saturated rings. The number of nitrogens with one attached hydrogen (secondary N) is 1. The van der Waals surface area contributed by atoms with Gasteiger partial charge in [0.25, 0.3) is 0 Å². The molecule has 17 heavy (non-hydrogen) atoms. The number of hydrogen-bond acceptors (Lipinski definition) is 1. The first-order valence-electron chi connectivity index (χ1n) is 6.64. The zero-order valence-electron chi connectivity index (χ0n) is 11.2. The van der Waals surface area contributed by atoms with Gasteiger partial charge in [-0.2, -0.15) is 0 Å². The summed E-state index contributed by atoms with van der Waals surface area (Å²) in [6, 6.07) is 7.55. The third kappa shape index (κ3) is 3.71. The number of rotatable bonds is 5. The van der Waals surface area contributed by atoms with Gasteiger partial charge in [0.1, 0.15) is 0 Å². The molecule has 1 nitrogen and oxygen atoms in total. The highest BCUT2D eigenvalue weighted by atomic mass is 14.9. The van der Waals surface area contributed by atoms with E-state index in [1.54, 1.807) is 0 Å². The normalized spacial score (nSPS) is 16.3. The van der Waals surface area contributed by atoms with Gasteiger partial charge in [-0.3, -0.25) is 0 Å². The number of allylic oxidation sites excluding steroid dienone is 1. The molecule has 1 aliphatic rings. The van der Waals surface area contributed by atoms with Gasteiger partial charge < -0.3 is 5.32 Å². The quantitative estimate of drug-likeness (QED) is 0.756. The Morgan fingerprint density at radius 3 is 2.71 bits per heavy atom. The minimum Gasteiger partial charge on any atom is -0.314 e. The van der Waals surface area contributed by atoms with Crippen molar-refractivity contribution in [2.75, 3.05) is 6.54 Å². The van der Waals surface area contributed by atoms with Crippen LogP contribution in [-0.4, -0.2) is 12.6 Å². The molecule has 0 aliphatic heterocycles. The van der Waals surface area contributed by atoms with E-state index in [4.69, 9.17) is 0 Å². The molecular weight excluding hydrogens is 206 g/mol. The molecule has 1 heteroatoms. The Morgan fingerprint density at radius 1 is 1.29 bits per heavy atom. The van der Waals surface area contributed by atoms with Crippen molar-refractivity contribution < 1.29 is 0 Å². The van der Waals surface area contributed by atoms with Crippen LogP contribution in [0.15, 0.2) is 24.3 Å². The van der Waals surface area contributed by atoms with Crippen LogP contribution >= 0.6 is 0 Å². The second-order valence-corrected chi connectivity index (χ2v) is 5.20.